The number of alkyl halides is 13. The van der Waals surface area contributed by atoms with Crippen molar-refractivity contribution in [1.82, 2.24) is 0 Å². The highest BCUT2D eigenvalue weighted by Crippen LogP contribution is 2.64. The number of hydrogen-bond acceptors (Lipinski definition) is 0. The van der Waals surface area contributed by atoms with Crippen LogP contribution in [0.15, 0.2) is 0 Å². The third-order valence-corrected chi connectivity index (χ3v) is 23.0. The molecule has 6 fully saturated rings. The van der Waals surface area contributed by atoms with Crippen LogP contribution in [-0.2, 0) is 0 Å². The van der Waals surface area contributed by atoms with Gasteiger partial charge >= 0.3 is 24.7 Å². The van der Waals surface area contributed by atoms with Crippen molar-refractivity contribution < 1.29 is 57.1 Å². The summed E-state index contributed by atoms with van der Waals surface area (Å²) in [6.45, 7) is 77.7. The van der Waals surface area contributed by atoms with Gasteiger partial charge in [-0.25, -0.2) is 4.39 Å². The second kappa shape index (κ2) is 42.9. The monoisotopic (exact) mass is 1420 g/mol. The average Bonchev–Trinajstić information content (AvgIpc) is 0.749. The Bertz CT molecular complexity index is 1850. The van der Waals surface area contributed by atoms with Gasteiger partial charge < -0.3 is 0 Å². The lowest BCUT2D eigenvalue weighted by Crippen LogP contribution is -2.53. The van der Waals surface area contributed by atoms with Crippen LogP contribution in [0.3, 0.4) is 0 Å². The van der Waals surface area contributed by atoms with Gasteiger partial charge in [0.05, 0.1) is 0 Å². The first kappa shape index (κ1) is 105. The highest BCUT2D eigenvalue weighted by molar-refractivity contribution is 5.01. The van der Waals surface area contributed by atoms with E-state index in [0.29, 0.717) is 56.2 Å². The second-order valence-corrected chi connectivity index (χ2v) is 39.8. The fraction of sp³-hybridized carbons (Fsp3) is 1.00. The molecule has 0 aromatic heterocycles. The molecule has 592 valence electrons. The molecular weight excluding hydrogens is 1260 g/mol. The molecule has 0 aromatic carbocycles. The maximum absolute atomic E-state index is 13.6. The van der Waals surface area contributed by atoms with Gasteiger partial charge in [-0.15, -0.1) is 0 Å². The standard InChI is InChI=1S/C13H18F6.C10H21F.C10H22.C9H16.C9H20.C8H10F6.2C7H16.C6H14.C5H12/c14-12(15,16)11(13(17,18)19)8-6-10(7-9-11)4-2-1-3-5-10;1-7(2)9(8(3)4)10(5,6)11;1-7-10(6,8-2)9(3,4)5;1-9-5-2-8(3-6-9)4-7-9;1-6-8(7-2)9(3,4)5;9-7(10,11)6(8(12,13)14)4-2-1-3-5-6;1-6(2)7(3,4)5;1-5-6-7(2,3)4;1-5-6(2,3)4;1-5(2,3)4/h1-9H2;7-9H,1-6H3;7-8H2,1-6H3;8H,2-7H2,1H3;8H,6-7H2,1-5H3;1-5H2;6H,1-5H3;5-6H2,1-4H3;5H2,1-4H3;1-4H3. The molecule has 0 heterocycles. The molecule has 13 heteroatoms. The van der Waals surface area contributed by atoms with Gasteiger partial charge in [-0.05, 0) is 194 Å². The molecule has 97 heavy (non-hydrogen) atoms. The topological polar surface area (TPSA) is 0 Å². The van der Waals surface area contributed by atoms with Crippen LogP contribution >= 0.6 is 0 Å². The van der Waals surface area contributed by atoms with E-state index in [1.165, 1.54) is 83.5 Å². The van der Waals surface area contributed by atoms with Gasteiger partial charge in [0.25, 0.3) is 0 Å². The third kappa shape index (κ3) is 42.6. The van der Waals surface area contributed by atoms with Crippen LogP contribution in [0.2, 0.25) is 0 Å². The summed E-state index contributed by atoms with van der Waals surface area (Å²) in [5, 5.41) is 0. The third-order valence-electron chi connectivity index (χ3n) is 23.0. The largest absolute Gasteiger partial charge is 0.403 e. The summed E-state index contributed by atoms with van der Waals surface area (Å²) in [6, 6.07) is 0. The summed E-state index contributed by atoms with van der Waals surface area (Å²) in [7, 11) is 0. The number of hydrogen-bond donors (Lipinski definition) is 0. The Morgan fingerprint density at radius 2 is 0.639 bits per heavy atom. The van der Waals surface area contributed by atoms with Crippen molar-refractivity contribution in [2.75, 3.05) is 0 Å². The maximum Gasteiger partial charge on any atom is 0.403 e. The van der Waals surface area contributed by atoms with Crippen molar-refractivity contribution in [2.45, 2.75) is 446 Å². The van der Waals surface area contributed by atoms with Crippen molar-refractivity contribution in [1.29, 1.82) is 0 Å². The van der Waals surface area contributed by atoms with Crippen LogP contribution in [0.4, 0.5) is 57.1 Å². The van der Waals surface area contributed by atoms with E-state index in [2.05, 4.69) is 228 Å². The molecule has 6 aliphatic carbocycles. The minimum atomic E-state index is -5.19. The van der Waals surface area contributed by atoms with Crippen LogP contribution in [-0.4, -0.2) is 30.4 Å². The molecular formula is C84H165F13. The summed E-state index contributed by atoms with van der Waals surface area (Å²) in [5.41, 5.74) is -3.84. The molecule has 0 N–H and O–H groups in total. The lowest BCUT2D eigenvalue weighted by molar-refractivity contribution is -0.354. The first-order valence-corrected chi connectivity index (χ1v) is 38.8. The van der Waals surface area contributed by atoms with Gasteiger partial charge in [-0.1, -0.05) is 306 Å². The Kier molecular flexibility index (Phi) is 46.3. The van der Waals surface area contributed by atoms with Crippen LogP contribution in [0, 0.1) is 95.1 Å². The van der Waals surface area contributed by atoms with E-state index in [9.17, 15) is 57.1 Å². The maximum atomic E-state index is 13.6. The quantitative estimate of drug-likeness (QED) is 0.213. The van der Waals surface area contributed by atoms with Crippen molar-refractivity contribution in [3.63, 3.8) is 0 Å². The Labute approximate surface area is 595 Å². The Balaban J connectivity index is -0.000000332. The molecule has 0 nitrogen and oxygen atoms in total. The van der Waals surface area contributed by atoms with E-state index < -0.39 is 66.9 Å². The zero-order chi connectivity index (χ0) is 78.6. The molecule has 0 atom stereocenters. The van der Waals surface area contributed by atoms with Gasteiger partial charge in [-0.2, -0.15) is 52.7 Å². The first-order chi connectivity index (χ1) is 42.8. The molecule has 0 amide bonds. The number of rotatable bonds is 8. The predicted octanol–water partition coefficient (Wildman–Crippen LogP) is 33.7. The fourth-order valence-corrected chi connectivity index (χ4v) is 14.0. The summed E-state index contributed by atoms with van der Waals surface area (Å²) in [5.74, 6) is 3.85. The lowest BCUT2D eigenvalue weighted by atomic mass is 9.58. The Hall–Kier alpha value is -0.910. The van der Waals surface area contributed by atoms with Crippen molar-refractivity contribution >= 4 is 0 Å². The average molecular weight is 1420 g/mol. The molecule has 0 unspecified atom stereocenters. The lowest BCUT2D eigenvalue weighted by Gasteiger charge is -2.49. The molecule has 6 rings (SSSR count). The van der Waals surface area contributed by atoms with Crippen LogP contribution in [0.1, 0.15) is 416 Å². The number of halogens is 13. The molecule has 0 aromatic rings. The Morgan fingerprint density at radius 3 is 0.753 bits per heavy atom. The van der Waals surface area contributed by atoms with Crippen LogP contribution in [0.25, 0.3) is 0 Å². The second-order valence-electron chi connectivity index (χ2n) is 39.8. The zero-order valence-corrected chi connectivity index (χ0v) is 70.5. The van der Waals surface area contributed by atoms with Gasteiger partial charge in [0.15, 0.2) is 10.8 Å². The molecule has 0 saturated heterocycles. The van der Waals surface area contributed by atoms with Crippen LogP contribution in [0.5, 0.6) is 0 Å². The van der Waals surface area contributed by atoms with Gasteiger partial charge in [0.2, 0.25) is 0 Å². The molecule has 2 bridgehead atoms. The molecule has 6 saturated carbocycles. The fourth-order valence-electron chi connectivity index (χ4n) is 14.0. The molecule has 0 aliphatic heterocycles. The van der Waals surface area contributed by atoms with E-state index in [4.69, 9.17) is 0 Å². The van der Waals surface area contributed by atoms with Crippen molar-refractivity contribution in [3.05, 3.63) is 0 Å². The summed E-state index contributed by atoms with van der Waals surface area (Å²) < 4.78 is 165. The highest BCUT2D eigenvalue weighted by atomic mass is 19.4. The molecule has 6 aliphatic rings. The minimum absolute atomic E-state index is 0.000972. The van der Waals surface area contributed by atoms with Crippen molar-refractivity contribution in [3.8, 4) is 0 Å². The van der Waals surface area contributed by atoms with Crippen LogP contribution < -0.4 is 0 Å². The summed E-state index contributed by atoms with van der Waals surface area (Å²) in [6.07, 6.45) is -0.566. The van der Waals surface area contributed by atoms with Gasteiger partial charge in [0, 0.05) is 0 Å². The molecule has 0 radical (unpaired) electrons. The van der Waals surface area contributed by atoms with Crippen molar-refractivity contribution in [2.24, 2.45) is 95.1 Å². The predicted molar refractivity (Wildman–Crippen MR) is 399 cm³/mol. The molecule has 1 spiro atoms. The normalized spacial score (nSPS) is 20.7. The van der Waals surface area contributed by atoms with E-state index in [0.717, 1.165) is 55.3 Å². The Morgan fingerprint density at radius 1 is 0.361 bits per heavy atom. The number of fused-ring (bicyclic) bond motifs is 3. The summed E-state index contributed by atoms with van der Waals surface area (Å²) in [4.78, 5) is 0. The van der Waals surface area contributed by atoms with E-state index >= 15 is 0 Å². The summed E-state index contributed by atoms with van der Waals surface area (Å²) >= 11 is 0. The minimum Gasteiger partial charge on any atom is -0.244 e. The van der Waals surface area contributed by atoms with E-state index in [1.54, 1.807) is 13.8 Å². The highest BCUT2D eigenvalue weighted by Gasteiger charge is 2.72. The SMILES string of the molecule is CC(C)(C)C.CC(C)C(C(C)C)C(C)(C)F.CC(C)C(C)(C)C.CC12CCC(CC1)CC2.CCC(C)(C)C.CCC(C)(CC)C(C)(C)C.CCC(CC)C(C)(C)C.CCCC(C)(C)C.FC(F)(F)C1(C(F)(F)F)CCC2(CCCCC2)CC1.FC(F)(F)C1(C(F)(F)F)CCCCC1. The van der Waals surface area contributed by atoms with Gasteiger partial charge in [-0.3, -0.25) is 0 Å². The smallest absolute Gasteiger partial charge is 0.244 e. The van der Waals surface area contributed by atoms with E-state index in [-0.39, 0.29) is 37.0 Å². The van der Waals surface area contributed by atoms with E-state index in [1.807, 2.05) is 0 Å². The first-order valence-electron chi connectivity index (χ1n) is 38.8. The van der Waals surface area contributed by atoms with Gasteiger partial charge in [0.1, 0.15) is 5.67 Å². The zero-order valence-electron chi connectivity index (χ0n) is 70.5.